The van der Waals surface area contributed by atoms with E-state index in [4.69, 9.17) is 16.3 Å². The molecule has 3 rings (SSSR count). The smallest absolute Gasteiger partial charge is 0.139 e. The minimum absolute atomic E-state index is 0.217. The zero-order valence-corrected chi connectivity index (χ0v) is 13.6. The maximum Gasteiger partial charge on any atom is 0.139 e. The molecule has 20 heavy (non-hydrogen) atoms. The van der Waals surface area contributed by atoms with Gasteiger partial charge in [-0.05, 0) is 41.8 Å². The molecule has 0 radical (unpaired) electrons. The lowest BCUT2D eigenvalue weighted by atomic mass is 9.88. The Morgan fingerprint density at radius 2 is 2.20 bits per heavy atom. The lowest BCUT2D eigenvalue weighted by Gasteiger charge is -2.36. The summed E-state index contributed by atoms with van der Waals surface area (Å²) in [7, 11) is 1.73. The van der Waals surface area contributed by atoms with Crippen molar-refractivity contribution in [3.8, 4) is 0 Å². The number of imidazole rings is 1. The third-order valence-electron chi connectivity index (χ3n) is 3.88. The van der Waals surface area contributed by atoms with Crippen molar-refractivity contribution in [1.29, 1.82) is 0 Å². The predicted octanol–water partition coefficient (Wildman–Crippen LogP) is 4.59. The van der Waals surface area contributed by atoms with Gasteiger partial charge in [-0.25, -0.2) is 9.37 Å². The maximum absolute atomic E-state index is 13.7. The van der Waals surface area contributed by atoms with Gasteiger partial charge >= 0.3 is 0 Å². The average molecular weight is 362 g/mol. The molecule has 108 valence electrons. The highest BCUT2D eigenvalue weighted by Gasteiger charge is 2.34. The number of aromatic nitrogens is 2. The molecule has 1 aromatic heterocycles. The second kappa shape index (κ2) is 5.28. The summed E-state index contributed by atoms with van der Waals surface area (Å²) in [6, 6.07) is 3.55. The zero-order chi connectivity index (χ0) is 14.4. The summed E-state index contributed by atoms with van der Waals surface area (Å²) in [5, 5.41) is -0.217. The second-order valence-corrected chi connectivity index (χ2v) is 6.70. The monoisotopic (exact) mass is 360 g/mol. The van der Waals surface area contributed by atoms with Crippen molar-refractivity contribution in [2.24, 2.45) is 0 Å². The number of fused-ring (bicyclic) bond motifs is 1. The van der Waals surface area contributed by atoms with Crippen molar-refractivity contribution in [2.75, 3.05) is 7.11 Å². The van der Waals surface area contributed by atoms with Gasteiger partial charge in [0.25, 0.3) is 0 Å². The van der Waals surface area contributed by atoms with Crippen LogP contribution in [0.5, 0.6) is 0 Å². The minimum Gasteiger partial charge on any atom is -0.381 e. The SMILES string of the molecule is COC1CC(n2c(C(C)Cl)nc3cc(F)c(Br)cc32)C1. The molecule has 0 bridgehead atoms. The number of methoxy groups -OCH3 is 1. The van der Waals surface area contributed by atoms with Gasteiger partial charge in [0.15, 0.2) is 0 Å². The van der Waals surface area contributed by atoms with E-state index in [1.54, 1.807) is 13.2 Å². The average Bonchev–Trinajstić information content (AvgIpc) is 2.68. The van der Waals surface area contributed by atoms with Crippen LogP contribution < -0.4 is 0 Å². The highest BCUT2D eigenvalue weighted by molar-refractivity contribution is 9.10. The Kier molecular flexibility index (Phi) is 3.77. The van der Waals surface area contributed by atoms with Crippen LogP contribution in [0.25, 0.3) is 11.0 Å². The number of hydrogen-bond donors (Lipinski definition) is 0. The van der Waals surface area contributed by atoms with Gasteiger partial charge in [0.1, 0.15) is 11.6 Å². The van der Waals surface area contributed by atoms with Crippen molar-refractivity contribution in [1.82, 2.24) is 9.55 Å². The fourth-order valence-electron chi connectivity index (χ4n) is 2.71. The number of hydrogen-bond acceptors (Lipinski definition) is 2. The van der Waals surface area contributed by atoms with Crippen LogP contribution in [0.2, 0.25) is 0 Å². The molecule has 6 heteroatoms. The van der Waals surface area contributed by atoms with E-state index in [1.807, 2.05) is 6.92 Å². The Morgan fingerprint density at radius 3 is 2.80 bits per heavy atom. The molecule has 1 atom stereocenters. The van der Waals surface area contributed by atoms with Crippen LogP contribution in [0.1, 0.15) is 37.0 Å². The van der Waals surface area contributed by atoms with Gasteiger partial charge in [0.05, 0.1) is 27.0 Å². The summed E-state index contributed by atoms with van der Waals surface area (Å²) >= 11 is 9.47. The topological polar surface area (TPSA) is 27.1 Å². The molecular weight excluding hydrogens is 347 g/mol. The Morgan fingerprint density at radius 1 is 1.50 bits per heavy atom. The van der Waals surface area contributed by atoms with Crippen molar-refractivity contribution in [2.45, 2.75) is 37.3 Å². The fraction of sp³-hybridized carbons (Fsp3) is 0.500. The highest BCUT2D eigenvalue weighted by atomic mass is 79.9. The number of ether oxygens (including phenoxy) is 1. The van der Waals surface area contributed by atoms with E-state index in [0.29, 0.717) is 22.1 Å². The summed E-state index contributed by atoms with van der Waals surface area (Å²) < 4.78 is 21.6. The molecule has 1 heterocycles. The molecular formula is C14H15BrClFN2O. The molecule has 1 unspecified atom stereocenters. The predicted molar refractivity (Wildman–Crippen MR) is 80.7 cm³/mol. The van der Waals surface area contributed by atoms with Crippen LogP contribution in [0, 0.1) is 5.82 Å². The molecule has 0 N–H and O–H groups in total. The van der Waals surface area contributed by atoms with E-state index < -0.39 is 0 Å². The van der Waals surface area contributed by atoms with Gasteiger partial charge in [-0.2, -0.15) is 0 Å². The molecule has 1 fully saturated rings. The van der Waals surface area contributed by atoms with E-state index in [1.165, 1.54) is 6.07 Å². The zero-order valence-electron chi connectivity index (χ0n) is 11.2. The first-order valence-electron chi connectivity index (χ1n) is 6.55. The fourth-order valence-corrected chi connectivity index (χ4v) is 3.20. The van der Waals surface area contributed by atoms with Gasteiger partial charge in [-0.1, -0.05) is 0 Å². The first-order valence-corrected chi connectivity index (χ1v) is 7.78. The summed E-state index contributed by atoms with van der Waals surface area (Å²) in [5.74, 6) is 0.484. The van der Waals surface area contributed by atoms with E-state index in [0.717, 1.165) is 24.2 Å². The van der Waals surface area contributed by atoms with Gasteiger partial charge in [-0.3, -0.25) is 0 Å². The largest absolute Gasteiger partial charge is 0.381 e. The van der Waals surface area contributed by atoms with E-state index >= 15 is 0 Å². The van der Waals surface area contributed by atoms with Gasteiger partial charge < -0.3 is 9.30 Å². The first-order chi connectivity index (χ1) is 9.51. The van der Waals surface area contributed by atoms with Gasteiger partial charge in [-0.15, -0.1) is 11.6 Å². The molecule has 1 aliphatic rings. The molecule has 0 amide bonds. The highest BCUT2D eigenvalue weighted by Crippen LogP contribution is 2.40. The summed E-state index contributed by atoms with van der Waals surface area (Å²) in [6.07, 6.45) is 2.17. The van der Waals surface area contributed by atoms with Crippen LogP contribution in [-0.4, -0.2) is 22.8 Å². The normalized spacial score (nSPS) is 23.9. The molecule has 1 saturated carbocycles. The molecule has 0 saturated heterocycles. The Bertz CT molecular complexity index is 652. The third-order valence-corrected chi connectivity index (χ3v) is 4.69. The van der Waals surface area contributed by atoms with E-state index in [2.05, 4.69) is 25.5 Å². The molecule has 0 aliphatic heterocycles. The van der Waals surface area contributed by atoms with Crippen molar-refractivity contribution in [3.05, 3.63) is 28.2 Å². The molecule has 1 aliphatic carbocycles. The number of nitrogens with zero attached hydrogens (tertiary/aromatic N) is 2. The van der Waals surface area contributed by atoms with Gasteiger partial charge in [0.2, 0.25) is 0 Å². The van der Waals surface area contributed by atoms with Gasteiger partial charge in [0, 0.05) is 19.2 Å². The van der Waals surface area contributed by atoms with Crippen molar-refractivity contribution < 1.29 is 9.13 Å². The van der Waals surface area contributed by atoms with E-state index in [9.17, 15) is 4.39 Å². The van der Waals surface area contributed by atoms with Crippen LogP contribution in [0.4, 0.5) is 4.39 Å². The summed E-state index contributed by atoms with van der Waals surface area (Å²) in [6.45, 7) is 1.89. The maximum atomic E-state index is 13.7. The number of alkyl halides is 1. The molecule has 2 aromatic rings. The second-order valence-electron chi connectivity index (χ2n) is 5.19. The Balaban J connectivity index is 2.12. The lowest BCUT2D eigenvalue weighted by Crippen LogP contribution is -2.33. The number of benzene rings is 1. The quantitative estimate of drug-likeness (QED) is 0.748. The standard InChI is InChI=1S/C14H15BrClFN2O/c1-7(16)14-18-12-6-11(17)10(15)5-13(12)19(14)8-3-9(4-8)20-2/h5-9H,3-4H2,1-2H3. The molecule has 3 nitrogen and oxygen atoms in total. The first kappa shape index (κ1) is 14.3. The van der Waals surface area contributed by atoms with Crippen molar-refractivity contribution in [3.63, 3.8) is 0 Å². The molecule has 1 aromatic carbocycles. The number of halogens is 3. The lowest BCUT2D eigenvalue weighted by molar-refractivity contribution is 0.00657. The van der Waals surface area contributed by atoms with Crippen LogP contribution in [0.3, 0.4) is 0 Å². The summed E-state index contributed by atoms with van der Waals surface area (Å²) in [5.41, 5.74) is 1.56. The number of rotatable bonds is 3. The van der Waals surface area contributed by atoms with Crippen LogP contribution in [-0.2, 0) is 4.74 Å². The summed E-state index contributed by atoms with van der Waals surface area (Å²) in [4.78, 5) is 4.50. The Labute approximate surface area is 130 Å². The minimum atomic E-state index is -0.306. The van der Waals surface area contributed by atoms with Crippen LogP contribution >= 0.6 is 27.5 Å². The van der Waals surface area contributed by atoms with Crippen molar-refractivity contribution >= 4 is 38.6 Å². The Hall–Kier alpha value is -0.650. The van der Waals surface area contributed by atoms with Crippen LogP contribution in [0.15, 0.2) is 16.6 Å². The van der Waals surface area contributed by atoms with E-state index in [-0.39, 0.29) is 11.2 Å². The third kappa shape index (κ3) is 2.26. The molecule has 0 spiro atoms.